The van der Waals surface area contributed by atoms with Crippen LogP contribution in [0.25, 0.3) is 0 Å². The zero-order chi connectivity index (χ0) is 14.5. The molecular weight excluding hydrogens is 280 g/mol. The molecular formula is C15H21ClO4. The molecule has 0 N–H and O–H groups in total. The number of benzene rings is 1. The molecule has 1 aliphatic rings. The van der Waals surface area contributed by atoms with E-state index in [9.17, 15) is 0 Å². The smallest absolute Gasteiger partial charge is 0.130 e. The first-order valence-electron chi connectivity index (χ1n) is 6.73. The highest BCUT2D eigenvalue weighted by molar-refractivity contribution is 6.21. The molecule has 2 rings (SSSR count). The fourth-order valence-corrected chi connectivity index (χ4v) is 2.95. The molecule has 0 amide bonds. The fourth-order valence-electron chi connectivity index (χ4n) is 2.54. The Hall–Kier alpha value is -1.13. The second kappa shape index (κ2) is 7.04. The predicted molar refractivity (Wildman–Crippen MR) is 78.2 cm³/mol. The number of methoxy groups -OCH3 is 3. The third-order valence-corrected chi connectivity index (χ3v) is 4.21. The summed E-state index contributed by atoms with van der Waals surface area (Å²) in [6, 6.07) is 3.66. The normalized spacial score (nSPS) is 20.3. The summed E-state index contributed by atoms with van der Waals surface area (Å²) >= 11 is 6.67. The van der Waals surface area contributed by atoms with E-state index < -0.39 is 0 Å². The largest absolute Gasteiger partial charge is 0.496 e. The summed E-state index contributed by atoms with van der Waals surface area (Å²) in [5.41, 5.74) is 0.868. The summed E-state index contributed by atoms with van der Waals surface area (Å²) in [6.07, 6.45) is 2.08. The van der Waals surface area contributed by atoms with Crippen LogP contribution in [0.4, 0.5) is 0 Å². The van der Waals surface area contributed by atoms with Crippen LogP contribution in [0.1, 0.15) is 23.8 Å². The Kier molecular flexibility index (Phi) is 5.38. The van der Waals surface area contributed by atoms with Crippen molar-refractivity contribution >= 4 is 11.6 Å². The Labute approximate surface area is 124 Å². The van der Waals surface area contributed by atoms with E-state index in [4.69, 9.17) is 30.5 Å². The SMILES string of the molecule is COc1cc(OC)c(C(Cl)C2CCCOC2)c(OC)c1. The first-order chi connectivity index (χ1) is 9.71. The minimum absolute atomic E-state index is 0.203. The highest BCUT2D eigenvalue weighted by Crippen LogP contribution is 2.45. The lowest BCUT2D eigenvalue weighted by molar-refractivity contribution is 0.0527. The quantitative estimate of drug-likeness (QED) is 0.781. The average Bonchev–Trinajstić information content (AvgIpc) is 2.53. The van der Waals surface area contributed by atoms with Crippen molar-refractivity contribution in [3.8, 4) is 17.2 Å². The molecule has 0 saturated carbocycles. The molecule has 1 aromatic carbocycles. The number of halogens is 1. The van der Waals surface area contributed by atoms with Crippen LogP contribution >= 0.6 is 11.6 Å². The van der Waals surface area contributed by atoms with Gasteiger partial charge in [-0.2, -0.15) is 0 Å². The van der Waals surface area contributed by atoms with Gasteiger partial charge in [0.1, 0.15) is 17.2 Å². The minimum atomic E-state index is -0.203. The third kappa shape index (κ3) is 3.13. The fraction of sp³-hybridized carbons (Fsp3) is 0.600. The highest BCUT2D eigenvalue weighted by Gasteiger charge is 2.29. The first-order valence-corrected chi connectivity index (χ1v) is 7.16. The summed E-state index contributed by atoms with van der Waals surface area (Å²) in [6.45, 7) is 1.49. The maximum Gasteiger partial charge on any atom is 0.130 e. The zero-order valence-electron chi connectivity index (χ0n) is 12.1. The zero-order valence-corrected chi connectivity index (χ0v) is 12.9. The molecule has 4 nitrogen and oxygen atoms in total. The van der Waals surface area contributed by atoms with E-state index in [0.29, 0.717) is 23.9 Å². The van der Waals surface area contributed by atoms with Crippen LogP contribution in [-0.4, -0.2) is 34.5 Å². The van der Waals surface area contributed by atoms with Crippen LogP contribution in [-0.2, 0) is 4.74 Å². The van der Waals surface area contributed by atoms with Gasteiger partial charge in [-0.05, 0) is 12.8 Å². The molecule has 0 bridgehead atoms. The van der Waals surface area contributed by atoms with Gasteiger partial charge in [-0.1, -0.05) is 0 Å². The van der Waals surface area contributed by atoms with Crippen LogP contribution in [0.3, 0.4) is 0 Å². The van der Waals surface area contributed by atoms with E-state index in [-0.39, 0.29) is 11.3 Å². The Morgan fingerprint density at radius 3 is 2.25 bits per heavy atom. The predicted octanol–water partition coefficient (Wildman–Crippen LogP) is 3.42. The van der Waals surface area contributed by atoms with E-state index in [1.54, 1.807) is 21.3 Å². The van der Waals surface area contributed by atoms with Gasteiger partial charge >= 0.3 is 0 Å². The van der Waals surface area contributed by atoms with Crippen molar-refractivity contribution in [3.05, 3.63) is 17.7 Å². The van der Waals surface area contributed by atoms with E-state index >= 15 is 0 Å². The molecule has 0 spiro atoms. The van der Waals surface area contributed by atoms with E-state index in [2.05, 4.69) is 0 Å². The van der Waals surface area contributed by atoms with Crippen molar-refractivity contribution in [2.75, 3.05) is 34.5 Å². The van der Waals surface area contributed by atoms with Crippen molar-refractivity contribution in [3.63, 3.8) is 0 Å². The summed E-state index contributed by atoms with van der Waals surface area (Å²) in [7, 11) is 4.86. The van der Waals surface area contributed by atoms with E-state index in [1.807, 2.05) is 12.1 Å². The van der Waals surface area contributed by atoms with Gasteiger partial charge in [0, 0.05) is 24.7 Å². The molecule has 2 atom stereocenters. The molecule has 1 heterocycles. The van der Waals surface area contributed by atoms with Crippen molar-refractivity contribution in [1.82, 2.24) is 0 Å². The first kappa shape index (κ1) is 15.3. The van der Waals surface area contributed by atoms with E-state index in [0.717, 1.165) is 25.0 Å². The van der Waals surface area contributed by atoms with Crippen molar-refractivity contribution < 1.29 is 18.9 Å². The Balaban J connectivity index is 2.36. The number of alkyl halides is 1. The standard InChI is InChI=1S/C15H21ClO4/c1-17-11-7-12(18-2)14(13(8-11)19-3)15(16)10-5-4-6-20-9-10/h7-8,10,15H,4-6,9H2,1-3H3. The summed E-state index contributed by atoms with van der Waals surface area (Å²) in [4.78, 5) is 0. The average molecular weight is 301 g/mol. The second-order valence-electron chi connectivity index (χ2n) is 4.82. The molecule has 112 valence electrons. The van der Waals surface area contributed by atoms with Crippen LogP contribution < -0.4 is 14.2 Å². The van der Waals surface area contributed by atoms with Crippen LogP contribution in [0.2, 0.25) is 0 Å². The number of ether oxygens (including phenoxy) is 4. The molecule has 0 aliphatic carbocycles. The monoisotopic (exact) mass is 300 g/mol. The van der Waals surface area contributed by atoms with Gasteiger partial charge < -0.3 is 18.9 Å². The maximum absolute atomic E-state index is 6.67. The number of hydrogen-bond donors (Lipinski definition) is 0. The van der Waals surface area contributed by atoms with Gasteiger partial charge in [0.05, 0.1) is 38.9 Å². The lowest BCUT2D eigenvalue weighted by Gasteiger charge is -2.28. The topological polar surface area (TPSA) is 36.9 Å². The van der Waals surface area contributed by atoms with Crippen LogP contribution in [0.5, 0.6) is 17.2 Å². The highest BCUT2D eigenvalue weighted by atomic mass is 35.5. The van der Waals surface area contributed by atoms with Gasteiger partial charge in [-0.25, -0.2) is 0 Å². The van der Waals surface area contributed by atoms with Crippen molar-refractivity contribution in [1.29, 1.82) is 0 Å². The molecule has 20 heavy (non-hydrogen) atoms. The second-order valence-corrected chi connectivity index (χ2v) is 5.29. The number of hydrogen-bond acceptors (Lipinski definition) is 4. The van der Waals surface area contributed by atoms with Gasteiger partial charge in [-0.3, -0.25) is 0 Å². The molecule has 0 aromatic heterocycles. The molecule has 1 saturated heterocycles. The maximum atomic E-state index is 6.67. The minimum Gasteiger partial charge on any atom is -0.496 e. The lowest BCUT2D eigenvalue weighted by Crippen LogP contribution is -2.21. The molecule has 1 fully saturated rings. The Morgan fingerprint density at radius 2 is 1.80 bits per heavy atom. The summed E-state index contributed by atoms with van der Waals surface area (Å²) < 4.78 is 21.7. The molecule has 2 unspecified atom stereocenters. The van der Waals surface area contributed by atoms with Crippen LogP contribution in [0.15, 0.2) is 12.1 Å². The van der Waals surface area contributed by atoms with Crippen LogP contribution in [0, 0.1) is 5.92 Å². The van der Waals surface area contributed by atoms with Gasteiger partial charge in [0.15, 0.2) is 0 Å². The van der Waals surface area contributed by atoms with Crippen molar-refractivity contribution in [2.45, 2.75) is 18.2 Å². The Morgan fingerprint density at radius 1 is 1.15 bits per heavy atom. The molecule has 5 heteroatoms. The summed E-state index contributed by atoms with van der Waals surface area (Å²) in [5.74, 6) is 2.33. The molecule has 1 aromatic rings. The third-order valence-electron chi connectivity index (χ3n) is 3.64. The Bertz CT molecular complexity index is 418. The lowest BCUT2D eigenvalue weighted by atomic mass is 9.92. The molecule has 1 aliphatic heterocycles. The van der Waals surface area contributed by atoms with Crippen molar-refractivity contribution in [2.24, 2.45) is 5.92 Å². The summed E-state index contributed by atoms with van der Waals surface area (Å²) in [5, 5.41) is -0.203. The molecule has 0 radical (unpaired) electrons. The number of rotatable bonds is 5. The van der Waals surface area contributed by atoms with Gasteiger partial charge in [-0.15, -0.1) is 11.6 Å². The van der Waals surface area contributed by atoms with E-state index in [1.165, 1.54) is 0 Å². The van der Waals surface area contributed by atoms with Gasteiger partial charge in [0.2, 0.25) is 0 Å². The van der Waals surface area contributed by atoms with Gasteiger partial charge in [0.25, 0.3) is 0 Å².